The minimum absolute atomic E-state index is 0. The number of carbonyl (C=O) groups excluding carboxylic acids is 2. The molecule has 1 unspecified atom stereocenters. The zero-order valence-corrected chi connectivity index (χ0v) is 23.5. The van der Waals surface area contributed by atoms with Crippen molar-refractivity contribution in [3.63, 3.8) is 0 Å². The van der Waals surface area contributed by atoms with Crippen LogP contribution in [0, 0.1) is 0 Å². The van der Waals surface area contributed by atoms with Crippen molar-refractivity contribution >= 4 is 70.8 Å². The van der Waals surface area contributed by atoms with Gasteiger partial charge in [0.2, 0.25) is 5.91 Å². The summed E-state index contributed by atoms with van der Waals surface area (Å²) in [6.45, 7) is 1.17. The Bertz CT molecular complexity index is 1420. The van der Waals surface area contributed by atoms with Crippen molar-refractivity contribution in [2.45, 2.75) is 25.8 Å². The number of nitrogens with zero attached hydrogens (tertiary/aromatic N) is 2. The van der Waals surface area contributed by atoms with Crippen LogP contribution in [0.2, 0.25) is 5.02 Å². The number of benzene rings is 2. The molecule has 0 radical (unpaired) electrons. The second kappa shape index (κ2) is 14.3. The molecule has 6 N–H and O–H groups in total. The molecule has 2 aromatic carbocycles. The van der Waals surface area contributed by atoms with Crippen LogP contribution in [0.3, 0.4) is 0 Å². The number of halogens is 2. The number of esters is 1. The minimum Gasteiger partial charge on any atom is -0.480 e. The van der Waals surface area contributed by atoms with Crippen LogP contribution in [0.15, 0.2) is 58.9 Å². The molecule has 14 heteroatoms. The number of guanidine groups is 1. The van der Waals surface area contributed by atoms with Crippen LogP contribution < -0.4 is 16.2 Å². The summed E-state index contributed by atoms with van der Waals surface area (Å²) in [5.41, 5.74) is 12.5. The maximum Gasteiger partial charge on any atom is 0.345 e. The number of carboxylic acid groups (broad SMARTS) is 2. The van der Waals surface area contributed by atoms with E-state index in [1.54, 1.807) is 36.6 Å². The third-order valence-electron chi connectivity index (χ3n) is 5.47. The Kier molecular flexibility index (Phi) is 11.5. The van der Waals surface area contributed by atoms with E-state index in [2.05, 4.69) is 4.99 Å². The smallest absolute Gasteiger partial charge is 0.345 e. The van der Waals surface area contributed by atoms with E-state index in [9.17, 15) is 24.3 Å². The van der Waals surface area contributed by atoms with E-state index in [1.165, 1.54) is 24.3 Å². The highest BCUT2D eigenvalue weighted by Gasteiger charge is 2.23. The van der Waals surface area contributed by atoms with Gasteiger partial charge in [-0.25, -0.2) is 14.6 Å². The molecule has 0 fully saturated rings. The summed E-state index contributed by atoms with van der Waals surface area (Å²) in [5, 5.41) is 20.2. The maximum absolute atomic E-state index is 13.0. The molecule has 3 rings (SSSR count). The summed E-state index contributed by atoms with van der Waals surface area (Å²) in [4.78, 5) is 53.1. The second-order valence-electron chi connectivity index (χ2n) is 8.53. The van der Waals surface area contributed by atoms with E-state index in [1.807, 2.05) is 0 Å². The van der Waals surface area contributed by atoms with Gasteiger partial charge in [-0.1, -0.05) is 24.6 Å². The van der Waals surface area contributed by atoms with Gasteiger partial charge in [0.25, 0.3) is 0 Å². The first-order valence-electron chi connectivity index (χ1n) is 11.4. The monoisotopic (exact) mass is 608 g/mol. The van der Waals surface area contributed by atoms with E-state index < -0.39 is 36.3 Å². The third-order valence-corrected chi connectivity index (χ3v) is 6.77. The van der Waals surface area contributed by atoms with Crippen molar-refractivity contribution in [1.82, 2.24) is 4.90 Å². The zero-order chi connectivity index (χ0) is 28.7. The largest absolute Gasteiger partial charge is 0.480 e. The predicted octanol–water partition coefficient (Wildman–Crippen LogP) is 4.25. The second-order valence-corrected chi connectivity index (χ2v) is 9.85. The SMILES string of the molecule is CC(CC(=O)N(CC(=O)O)Cc1csc(C(=O)O)c1)c1ccc(OC(=O)c2ccc(N=C(N)N)cc2)cc1Cl.Cl. The molecule has 0 aliphatic carbocycles. The summed E-state index contributed by atoms with van der Waals surface area (Å²) >= 11 is 7.43. The van der Waals surface area contributed by atoms with Gasteiger partial charge in [-0.05, 0) is 64.9 Å². The van der Waals surface area contributed by atoms with Gasteiger partial charge in [-0.15, -0.1) is 23.7 Å². The van der Waals surface area contributed by atoms with Crippen LogP contribution in [0.25, 0.3) is 0 Å². The summed E-state index contributed by atoms with van der Waals surface area (Å²) in [7, 11) is 0. The molecule has 11 nitrogen and oxygen atoms in total. The number of hydrogen-bond donors (Lipinski definition) is 4. The van der Waals surface area contributed by atoms with E-state index in [4.69, 9.17) is 32.9 Å². The molecule has 1 heterocycles. The number of aromatic carboxylic acids is 1. The van der Waals surface area contributed by atoms with Crippen LogP contribution in [-0.4, -0.2) is 51.4 Å². The number of carboxylic acids is 2. The van der Waals surface area contributed by atoms with E-state index in [-0.39, 0.29) is 52.5 Å². The van der Waals surface area contributed by atoms with Crippen molar-refractivity contribution in [2.75, 3.05) is 6.54 Å². The molecule has 1 aromatic heterocycles. The molecular weight excluding hydrogens is 583 g/mol. The summed E-state index contributed by atoms with van der Waals surface area (Å²) < 4.78 is 5.40. The van der Waals surface area contributed by atoms with Gasteiger partial charge >= 0.3 is 17.9 Å². The highest BCUT2D eigenvalue weighted by Crippen LogP contribution is 2.31. The van der Waals surface area contributed by atoms with Crippen molar-refractivity contribution in [3.05, 3.63) is 80.5 Å². The number of aliphatic carboxylic acids is 1. The highest BCUT2D eigenvalue weighted by atomic mass is 35.5. The fraction of sp³-hybridized carbons (Fsp3) is 0.192. The Morgan fingerprint density at radius 2 is 1.75 bits per heavy atom. The third kappa shape index (κ3) is 8.97. The molecule has 0 saturated heterocycles. The predicted molar refractivity (Wildman–Crippen MR) is 153 cm³/mol. The van der Waals surface area contributed by atoms with Crippen LogP contribution in [0.5, 0.6) is 5.75 Å². The molecule has 40 heavy (non-hydrogen) atoms. The Hall–Kier alpha value is -4.13. The van der Waals surface area contributed by atoms with Gasteiger partial charge in [-0.2, -0.15) is 0 Å². The fourth-order valence-corrected chi connectivity index (χ4v) is 4.74. The molecule has 1 atom stereocenters. The number of carbonyl (C=O) groups is 4. The van der Waals surface area contributed by atoms with E-state index >= 15 is 0 Å². The number of hydrogen-bond acceptors (Lipinski definition) is 7. The van der Waals surface area contributed by atoms with Gasteiger partial charge < -0.3 is 31.3 Å². The topological polar surface area (TPSA) is 186 Å². The van der Waals surface area contributed by atoms with Crippen molar-refractivity contribution in [2.24, 2.45) is 16.5 Å². The molecule has 3 aromatic rings. The minimum atomic E-state index is -1.19. The molecule has 0 aliphatic heterocycles. The maximum atomic E-state index is 13.0. The van der Waals surface area contributed by atoms with Gasteiger partial charge in [0.1, 0.15) is 17.2 Å². The molecule has 0 spiro atoms. The lowest BCUT2D eigenvalue weighted by molar-refractivity contribution is -0.145. The Labute approximate surface area is 244 Å². The molecular formula is C26H26Cl2N4O7S. The standard InChI is InChI=1S/C26H25ClN4O7S.ClH/c1-14(8-22(32)31(12-23(33)34)11-15-9-21(24(35)36)39-13-15)19-7-6-18(10-20(19)27)38-25(37)16-2-4-17(5-3-16)30-26(28)29;/h2-7,9-10,13-14H,8,11-12H2,1H3,(H,33,34)(H,35,36)(H4,28,29,30);1H. The average Bonchev–Trinajstić information content (AvgIpc) is 3.32. The number of ether oxygens (including phenoxy) is 1. The first-order chi connectivity index (χ1) is 18.4. The normalized spacial score (nSPS) is 11.1. The summed E-state index contributed by atoms with van der Waals surface area (Å²) in [5.74, 6) is -3.67. The molecule has 0 bridgehead atoms. The lowest BCUT2D eigenvalue weighted by Crippen LogP contribution is -2.35. The van der Waals surface area contributed by atoms with Crippen molar-refractivity contribution < 1.29 is 34.1 Å². The highest BCUT2D eigenvalue weighted by molar-refractivity contribution is 7.12. The average molecular weight is 609 g/mol. The van der Waals surface area contributed by atoms with E-state index in [0.717, 1.165) is 16.2 Å². The Morgan fingerprint density at radius 1 is 1.07 bits per heavy atom. The first kappa shape index (κ1) is 32.1. The zero-order valence-electron chi connectivity index (χ0n) is 21.1. The molecule has 212 valence electrons. The van der Waals surface area contributed by atoms with Gasteiger partial charge in [0.15, 0.2) is 5.96 Å². The lowest BCUT2D eigenvalue weighted by atomic mass is 9.96. The van der Waals surface area contributed by atoms with Crippen LogP contribution in [0.1, 0.15) is 50.4 Å². The van der Waals surface area contributed by atoms with Gasteiger partial charge in [0, 0.05) is 18.0 Å². The van der Waals surface area contributed by atoms with Crippen LogP contribution in [-0.2, 0) is 16.1 Å². The number of rotatable bonds is 11. The van der Waals surface area contributed by atoms with E-state index in [0.29, 0.717) is 16.8 Å². The first-order valence-corrected chi connectivity index (χ1v) is 12.7. The quantitative estimate of drug-likeness (QED) is 0.107. The number of nitrogens with two attached hydrogens (primary N) is 2. The van der Waals surface area contributed by atoms with Gasteiger partial charge in [0.05, 0.1) is 11.3 Å². The Morgan fingerprint density at radius 3 is 2.30 bits per heavy atom. The number of amides is 1. The summed E-state index contributed by atoms with van der Waals surface area (Å²) in [6, 6.07) is 12.2. The van der Waals surface area contributed by atoms with Crippen LogP contribution in [0.4, 0.5) is 5.69 Å². The summed E-state index contributed by atoms with van der Waals surface area (Å²) in [6.07, 6.45) is -0.0514. The van der Waals surface area contributed by atoms with Crippen molar-refractivity contribution in [1.29, 1.82) is 0 Å². The Balaban J connectivity index is 0.00000560. The number of thiophene rings is 1. The molecule has 0 saturated carbocycles. The molecule has 0 aliphatic rings. The lowest BCUT2D eigenvalue weighted by Gasteiger charge is -2.23. The van der Waals surface area contributed by atoms with Gasteiger partial charge in [-0.3, -0.25) is 9.59 Å². The van der Waals surface area contributed by atoms with Crippen LogP contribution >= 0.6 is 35.3 Å². The fourth-order valence-electron chi connectivity index (χ4n) is 3.65. The van der Waals surface area contributed by atoms with Crippen molar-refractivity contribution in [3.8, 4) is 5.75 Å². The molecule has 1 amide bonds. The number of aliphatic imine (C=N–C) groups is 1.